The summed E-state index contributed by atoms with van der Waals surface area (Å²) in [5, 5.41) is 0. The number of hydrogen-bond donors (Lipinski definition) is 0. The van der Waals surface area contributed by atoms with Crippen molar-refractivity contribution in [3.63, 3.8) is 0 Å². The van der Waals surface area contributed by atoms with Crippen molar-refractivity contribution in [2.45, 2.75) is 26.4 Å². The van der Waals surface area contributed by atoms with Gasteiger partial charge in [0.25, 0.3) is 0 Å². The van der Waals surface area contributed by atoms with E-state index in [9.17, 15) is 4.79 Å². The van der Waals surface area contributed by atoms with Crippen LogP contribution < -0.4 is 4.90 Å². The van der Waals surface area contributed by atoms with Gasteiger partial charge in [0.1, 0.15) is 6.61 Å². The van der Waals surface area contributed by atoms with Crippen LogP contribution in [0.3, 0.4) is 0 Å². The lowest BCUT2D eigenvalue weighted by atomic mass is 9.94. The highest BCUT2D eigenvalue weighted by Crippen LogP contribution is 2.35. The van der Waals surface area contributed by atoms with Gasteiger partial charge < -0.3 is 9.64 Å². The Morgan fingerprint density at radius 1 is 0.667 bits per heavy atom. The van der Waals surface area contributed by atoms with E-state index in [-0.39, 0.29) is 6.61 Å². The molecule has 0 fully saturated rings. The molecule has 0 spiro atoms. The fraction of sp³-hybridized carbons (Fsp3) is 0.103. The van der Waals surface area contributed by atoms with Gasteiger partial charge in [-0.1, -0.05) is 117 Å². The molecule has 5 aromatic carbocycles. The van der Waals surface area contributed by atoms with Gasteiger partial charge in [0, 0.05) is 23.1 Å². The Morgan fingerprint density at radius 2 is 1.19 bits per heavy atom. The van der Waals surface area contributed by atoms with E-state index >= 15 is 0 Å². The molecule has 0 heterocycles. The van der Waals surface area contributed by atoms with Crippen LogP contribution in [0.5, 0.6) is 0 Å². The minimum Gasteiger partial charge on any atom is -0.458 e. The summed E-state index contributed by atoms with van der Waals surface area (Å²) in [6, 6.07) is 46.5. The van der Waals surface area contributed by atoms with E-state index in [1.54, 1.807) is 0 Å². The molecular weight excluding hydrogens is 514 g/mol. The lowest BCUT2D eigenvalue weighted by Crippen LogP contribution is -2.10. The van der Waals surface area contributed by atoms with Crippen molar-refractivity contribution in [3.05, 3.63) is 174 Å². The molecular formula is C39H35NO2. The van der Waals surface area contributed by atoms with E-state index in [4.69, 9.17) is 4.74 Å². The quantitative estimate of drug-likeness (QED) is 0.0933. The van der Waals surface area contributed by atoms with Crippen LogP contribution in [0.25, 0.3) is 11.6 Å². The van der Waals surface area contributed by atoms with E-state index in [1.165, 1.54) is 28.3 Å². The second-order valence-corrected chi connectivity index (χ2v) is 10.1. The zero-order valence-corrected chi connectivity index (χ0v) is 23.9. The maximum Gasteiger partial charge on any atom is 0.330 e. The number of anilines is 3. The Morgan fingerprint density at radius 3 is 1.79 bits per heavy atom. The molecule has 0 N–H and O–H groups in total. The van der Waals surface area contributed by atoms with Crippen LogP contribution in [0.15, 0.2) is 146 Å². The molecule has 0 atom stereocenters. The predicted molar refractivity (Wildman–Crippen MR) is 175 cm³/mol. The Hall–Kier alpha value is -5.15. The van der Waals surface area contributed by atoms with Crippen molar-refractivity contribution in [2.24, 2.45) is 0 Å². The van der Waals surface area contributed by atoms with Crippen LogP contribution in [-0.2, 0) is 22.6 Å². The molecule has 0 aliphatic carbocycles. The molecule has 208 valence electrons. The average Bonchev–Trinajstić information content (AvgIpc) is 3.05. The number of carbonyl (C=O) groups excluding carboxylic acids is 1. The van der Waals surface area contributed by atoms with Crippen molar-refractivity contribution < 1.29 is 9.53 Å². The molecule has 42 heavy (non-hydrogen) atoms. The van der Waals surface area contributed by atoms with Gasteiger partial charge in [0.2, 0.25) is 0 Å². The SMILES string of the molecule is C=CC(=O)OCc1ccc(N(c2ccccc2)c2ccc(/C=C(\c3ccccc3)c3ccc(CCC)cc3)cc2)cc1. The highest BCUT2D eigenvalue weighted by Gasteiger charge is 2.13. The minimum absolute atomic E-state index is 0.211. The lowest BCUT2D eigenvalue weighted by molar-refractivity contribution is -0.138. The first-order chi connectivity index (χ1) is 20.6. The number of hydrogen-bond acceptors (Lipinski definition) is 3. The molecule has 0 aliphatic heterocycles. The molecule has 5 aromatic rings. The normalized spacial score (nSPS) is 11.1. The zero-order valence-electron chi connectivity index (χ0n) is 23.9. The molecule has 0 bridgehead atoms. The predicted octanol–water partition coefficient (Wildman–Crippen LogP) is 9.93. The maximum absolute atomic E-state index is 11.5. The lowest BCUT2D eigenvalue weighted by Gasteiger charge is -2.25. The highest BCUT2D eigenvalue weighted by atomic mass is 16.5. The second-order valence-electron chi connectivity index (χ2n) is 10.1. The van der Waals surface area contributed by atoms with E-state index in [1.807, 2.05) is 42.5 Å². The summed E-state index contributed by atoms with van der Waals surface area (Å²) in [7, 11) is 0. The highest BCUT2D eigenvalue weighted by molar-refractivity contribution is 5.91. The van der Waals surface area contributed by atoms with E-state index in [2.05, 4.69) is 115 Å². The van der Waals surface area contributed by atoms with Crippen LogP contribution in [0.2, 0.25) is 0 Å². The second kappa shape index (κ2) is 14.0. The number of rotatable bonds is 11. The molecule has 0 aliphatic rings. The van der Waals surface area contributed by atoms with E-state index < -0.39 is 5.97 Å². The van der Waals surface area contributed by atoms with Gasteiger partial charge in [0.05, 0.1) is 0 Å². The molecule has 0 saturated carbocycles. The average molecular weight is 550 g/mol. The number of nitrogens with zero attached hydrogens (tertiary/aromatic N) is 1. The molecule has 0 amide bonds. The van der Waals surface area contributed by atoms with Crippen molar-refractivity contribution in [2.75, 3.05) is 4.90 Å². The molecule has 3 nitrogen and oxygen atoms in total. The first-order valence-electron chi connectivity index (χ1n) is 14.3. The zero-order chi connectivity index (χ0) is 29.1. The molecule has 0 saturated heterocycles. The third kappa shape index (κ3) is 7.13. The van der Waals surface area contributed by atoms with Crippen LogP contribution in [0, 0.1) is 0 Å². The summed E-state index contributed by atoms with van der Waals surface area (Å²) in [5.74, 6) is -0.428. The number of aryl methyl sites for hydroxylation is 1. The maximum atomic E-state index is 11.5. The monoisotopic (exact) mass is 549 g/mol. The summed E-state index contributed by atoms with van der Waals surface area (Å²) >= 11 is 0. The molecule has 0 aromatic heterocycles. The number of para-hydroxylation sites is 1. The van der Waals surface area contributed by atoms with Gasteiger partial charge in [-0.15, -0.1) is 0 Å². The standard InChI is InChI=1S/C39H35NO2/c1-3-11-30-16-22-34(23-17-30)38(33-12-7-5-8-13-33)28-31-18-24-36(25-19-31)40(35-14-9-6-10-15-35)37-26-20-32(21-27-37)29-42-39(41)4-2/h4-10,12-28H,2-3,11,29H2,1H3/b38-28+. The summed E-state index contributed by atoms with van der Waals surface area (Å²) in [6.07, 6.45) is 5.67. The molecule has 0 unspecified atom stereocenters. The van der Waals surface area contributed by atoms with Gasteiger partial charge in [-0.25, -0.2) is 4.79 Å². The number of esters is 1. The Kier molecular flexibility index (Phi) is 9.43. The van der Waals surface area contributed by atoms with Crippen LogP contribution in [0.1, 0.15) is 41.2 Å². The van der Waals surface area contributed by atoms with Crippen LogP contribution >= 0.6 is 0 Å². The molecule has 5 rings (SSSR count). The van der Waals surface area contributed by atoms with Gasteiger partial charge in [-0.2, -0.15) is 0 Å². The van der Waals surface area contributed by atoms with E-state index in [0.29, 0.717) is 0 Å². The minimum atomic E-state index is -0.428. The number of ether oxygens (including phenoxy) is 1. The topological polar surface area (TPSA) is 29.5 Å². The van der Waals surface area contributed by atoms with Crippen molar-refractivity contribution in [3.8, 4) is 0 Å². The number of carbonyl (C=O) groups is 1. The summed E-state index contributed by atoms with van der Waals surface area (Å²) in [5.41, 5.74) is 10.1. The van der Waals surface area contributed by atoms with Crippen molar-refractivity contribution in [1.82, 2.24) is 0 Å². The van der Waals surface area contributed by atoms with Crippen LogP contribution in [0.4, 0.5) is 17.1 Å². The first-order valence-corrected chi connectivity index (χ1v) is 14.3. The largest absolute Gasteiger partial charge is 0.458 e. The first kappa shape index (κ1) is 28.4. The summed E-state index contributed by atoms with van der Waals surface area (Å²) < 4.78 is 5.20. The summed E-state index contributed by atoms with van der Waals surface area (Å²) in [4.78, 5) is 13.7. The third-order valence-electron chi connectivity index (χ3n) is 7.11. The fourth-order valence-electron chi connectivity index (χ4n) is 4.96. The van der Waals surface area contributed by atoms with Gasteiger partial charge >= 0.3 is 5.97 Å². The van der Waals surface area contributed by atoms with E-state index in [0.717, 1.165) is 41.0 Å². The van der Waals surface area contributed by atoms with Crippen molar-refractivity contribution in [1.29, 1.82) is 0 Å². The molecule has 3 heteroatoms. The Bertz CT molecular complexity index is 1620. The summed E-state index contributed by atoms with van der Waals surface area (Å²) in [6.45, 7) is 5.88. The van der Waals surface area contributed by atoms with Crippen molar-refractivity contribution >= 4 is 34.7 Å². The Balaban J connectivity index is 1.47. The number of benzene rings is 5. The Labute approximate surface area is 249 Å². The molecule has 0 radical (unpaired) electrons. The van der Waals surface area contributed by atoms with Gasteiger partial charge in [-0.3, -0.25) is 0 Å². The third-order valence-corrected chi connectivity index (χ3v) is 7.11. The smallest absolute Gasteiger partial charge is 0.330 e. The van der Waals surface area contributed by atoms with Crippen LogP contribution in [-0.4, -0.2) is 5.97 Å². The van der Waals surface area contributed by atoms with Gasteiger partial charge in [-0.05, 0) is 82.3 Å². The van der Waals surface area contributed by atoms with Gasteiger partial charge in [0.15, 0.2) is 0 Å². The fourth-order valence-corrected chi connectivity index (χ4v) is 4.96.